The second-order valence-corrected chi connectivity index (χ2v) is 8.66. The molecule has 2 aromatic carbocycles. The molecule has 0 aliphatic heterocycles. The first-order valence-electron chi connectivity index (χ1n) is 8.54. The van der Waals surface area contributed by atoms with E-state index in [0.29, 0.717) is 21.2 Å². The van der Waals surface area contributed by atoms with E-state index in [1.165, 1.54) is 18.2 Å². The topological polar surface area (TPSA) is 72.5 Å². The molecule has 0 amide bonds. The van der Waals surface area contributed by atoms with Crippen molar-refractivity contribution in [2.45, 2.75) is 25.7 Å². The molecular formula is C20H21Cl2NO4S. The van der Waals surface area contributed by atoms with E-state index in [-0.39, 0.29) is 23.6 Å². The van der Waals surface area contributed by atoms with Crippen molar-refractivity contribution in [3.05, 3.63) is 68.7 Å². The van der Waals surface area contributed by atoms with E-state index >= 15 is 0 Å². The molecule has 8 heteroatoms. The third-order valence-electron chi connectivity index (χ3n) is 4.00. The van der Waals surface area contributed by atoms with E-state index < -0.39 is 16.0 Å². The summed E-state index contributed by atoms with van der Waals surface area (Å²) in [4.78, 5) is 12.4. The van der Waals surface area contributed by atoms with Crippen LogP contribution >= 0.6 is 23.2 Å². The van der Waals surface area contributed by atoms with Crippen molar-refractivity contribution in [3.63, 3.8) is 0 Å². The van der Waals surface area contributed by atoms with Gasteiger partial charge in [-0.3, -0.25) is 0 Å². The molecule has 150 valence electrons. The van der Waals surface area contributed by atoms with E-state index in [9.17, 15) is 13.2 Å². The summed E-state index contributed by atoms with van der Waals surface area (Å²) in [6.07, 6.45) is 1.50. The van der Waals surface area contributed by atoms with Gasteiger partial charge < -0.3 is 4.74 Å². The number of rotatable bonds is 7. The minimum atomic E-state index is -3.79. The predicted octanol–water partition coefficient (Wildman–Crippen LogP) is 4.54. The van der Waals surface area contributed by atoms with Gasteiger partial charge in [0, 0.05) is 11.6 Å². The fourth-order valence-corrected chi connectivity index (χ4v) is 3.79. The summed E-state index contributed by atoms with van der Waals surface area (Å²) in [7, 11) is -3.79. The molecule has 2 aromatic rings. The van der Waals surface area contributed by atoms with Crippen LogP contribution in [0.25, 0.3) is 6.08 Å². The van der Waals surface area contributed by atoms with Crippen LogP contribution < -0.4 is 4.72 Å². The Labute approximate surface area is 175 Å². The van der Waals surface area contributed by atoms with Crippen molar-refractivity contribution in [1.29, 1.82) is 0 Å². The van der Waals surface area contributed by atoms with Crippen LogP contribution in [-0.4, -0.2) is 27.5 Å². The number of esters is 1. The summed E-state index contributed by atoms with van der Waals surface area (Å²) in [5, 5.41) is 0.885. The maximum atomic E-state index is 12.5. The Balaban J connectivity index is 2.33. The van der Waals surface area contributed by atoms with Gasteiger partial charge in [0.25, 0.3) is 0 Å². The van der Waals surface area contributed by atoms with E-state index in [4.69, 9.17) is 27.9 Å². The lowest BCUT2D eigenvalue weighted by atomic mass is 10.1. The molecule has 5 nitrogen and oxygen atoms in total. The molecule has 1 N–H and O–H groups in total. The summed E-state index contributed by atoms with van der Waals surface area (Å²) < 4.78 is 32.5. The minimum absolute atomic E-state index is 0.113. The number of hydrogen-bond donors (Lipinski definition) is 1. The zero-order chi connectivity index (χ0) is 20.9. The molecule has 0 heterocycles. The van der Waals surface area contributed by atoms with Gasteiger partial charge >= 0.3 is 5.97 Å². The Kier molecular flexibility index (Phi) is 7.66. The lowest BCUT2D eigenvalue weighted by Gasteiger charge is -2.11. The number of halogens is 2. The number of hydrogen-bond acceptors (Lipinski definition) is 4. The van der Waals surface area contributed by atoms with Crippen LogP contribution in [0.3, 0.4) is 0 Å². The van der Waals surface area contributed by atoms with Crippen molar-refractivity contribution in [2.75, 3.05) is 13.2 Å². The van der Waals surface area contributed by atoms with E-state index in [0.717, 1.165) is 5.56 Å². The van der Waals surface area contributed by atoms with E-state index in [1.807, 2.05) is 6.92 Å². The molecule has 0 radical (unpaired) electrons. The Morgan fingerprint density at radius 3 is 2.36 bits per heavy atom. The zero-order valence-electron chi connectivity index (χ0n) is 15.8. The highest BCUT2D eigenvalue weighted by Gasteiger charge is 2.18. The van der Waals surface area contributed by atoms with Crippen LogP contribution in [0.15, 0.2) is 46.9 Å². The Morgan fingerprint density at radius 2 is 1.75 bits per heavy atom. The molecule has 0 saturated heterocycles. The van der Waals surface area contributed by atoms with Crippen LogP contribution in [0.4, 0.5) is 0 Å². The number of aryl methyl sites for hydroxylation is 1. The molecule has 0 aliphatic carbocycles. The summed E-state index contributed by atoms with van der Waals surface area (Å²) in [5.74, 6) is -0.627. The summed E-state index contributed by atoms with van der Waals surface area (Å²) in [5.41, 5.74) is 2.28. The zero-order valence-corrected chi connectivity index (χ0v) is 18.1. The van der Waals surface area contributed by atoms with Crippen molar-refractivity contribution in [1.82, 2.24) is 4.72 Å². The molecule has 0 saturated carbocycles. The fraction of sp³-hybridized carbons (Fsp3) is 0.250. The van der Waals surface area contributed by atoms with Gasteiger partial charge in [0.2, 0.25) is 10.0 Å². The van der Waals surface area contributed by atoms with Crippen molar-refractivity contribution < 1.29 is 17.9 Å². The maximum Gasteiger partial charge on any atom is 0.335 e. The van der Waals surface area contributed by atoms with Gasteiger partial charge in [-0.1, -0.05) is 47.0 Å². The highest BCUT2D eigenvalue weighted by molar-refractivity contribution is 7.89. The van der Waals surface area contributed by atoms with Crippen LogP contribution in [0.1, 0.15) is 23.6 Å². The van der Waals surface area contributed by atoms with Gasteiger partial charge in [-0.2, -0.15) is 0 Å². The SMILES string of the molecule is CCOC(=O)/C(=C/c1ccc(Cl)c(C)c1Cl)CNS(=O)(=O)c1ccc(C)cc1. The first kappa shape index (κ1) is 22.4. The van der Waals surface area contributed by atoms with E-state index in [2.05, 4.69) is 4.72 Å². The molecule has 0 fully saturated rings. The van der Waals surface area contributed by atoms with E-state index in [1.54, 1.807) is 38.1 Å². The Hall–Kier alpha value is -1.86. The number of benzene rings is 2. The number of nitrogens with one attached hydrogen (secondary N) is 1. The third kappa shape index (κ3) is 5.58. The standard InChI is InChI=1S/C20H21Cl2NO4S/c1-4-27-20(24)16(11-15-7-10-18(21)14(3)19(15)22)12-23-28(25,26)17-8-5-13(2)6-9-17/h5-11,23H,4,12H2,1-3H3/b16-11+. The molecule has 0 bridgehead atoms. The second-order valence-electron chi connectivity index (χ2n) is 6.10. The molecule has 0 aliphatic rings. The van der Waals surface area contributed by atoms with Crippen LogP contribution in [0.5, 0.6) is 0 Å². The second kappa shape index (κ2) is 9.56. The lowest BCUT2D eigenvalue weighted by Crippen LogP contribution is -2.28. The average molecular weight is 442 g/mol. The van der Waals surface area contributed by atoms with Crippen molar-refractivity contribution in [2.24, 2.45) is 0 Å². The molecule has 0 spiro atoms. The molecule has 0 aromatic heterocycles. The van der Waals surface area contributed by atoms with Gasteiger partial charge in [0.1, 0.15) is 0 Å². The molecule has 0 unspecified atom stereocenters. The third-order valence-corrected chi connectivity index (χ3v) is 6.33. The predicted molar refractivity (Wildman–Crippen MR) is 112 cm³/mol. The molecule has 28 heavy (non-hydrogen) atoms. The van der Waals surface area contributed by atoms with Gasteiger partial charge in [0.15, 0.2) is 0 Å². The number of carbonyl (C=O) groups is 1. The minimum Gasteiger partial charge on any atom is -0.463 e. The highest BCUT2D eigenvalue weighted by atomic mass is 35.5. The Morgan fingerprint density at radius 1 is 1.11 bits per heavy atom. The monoisotopic (exact) mass is 441 g/mol. The van der Waals surface area contributed by atoms with Crippen molar-refractivity contribution in [3.8, 4) is 0 Å². The largest absolute Gasteiger partial charge is 0.463 e. The summed E-state index contributed by atoms with van der Waals surface area (Å²) >= 11 is 12.4. The number of carbonyl (C=O) groups excluding carboxylic acids is 1. The quantitative estimate of drug-likeness (QED) is 0.505. The number of sulfonamides is 1. The molecule has 0 atom stereocenters. The normalized spacial score (nSPS) is 12.1. The van der Waals surface area contributed by atoms with Gasteiger partial charge in [-0.15, -0.1) is 0 Å². The first-order chi connectivity index (χ1) is 13.2. The van der Waals surface area contributed by atoms with Gasteiger partial charge in [0.05, 0.1) is 22.1 Å². The number of ether oxygens (including phenoxy) is 1. The van der Waals surface area contributed by atoms with Crippen molar-refractivity contribution >= 4 is 45.3 Å². The van der Waals surface area contributed by atoms with Gasteiger partial charge in [-0.05, 0) is 56.2 Å². The van der Waals surface area contributed by atoms with Gasteiger partial charge in [-0.25, -0.2) is 17.9 Å². The summed E-state index contributed by atoms with van der Waals surface area (Å²) in [6, 6.07) is 9.73. The van der Waals surface area contributed by atoms with Crippen LogP contribution in [0, 0.1) is 13.8 Å². The smallest absolute Gasteiger partial charge is 0.335 e. The highest BCUT2D eigenvalue weighted by Crippen LogP contribution is 2.29. The van der Waals surface area contributed by atoms with Crippen LogP contribution in [0.2, 0.25) is 10.0 Å². The maximum absolute atomic E-state index is 12.5. The Bertz CT molecular complexity index is 1000. The summed E-state index contributed by atoms with van der Waals surface area (Å²) in [6.45, 7) is 5.21. The average Bonchev–Trinajstić information content (AvgIpc) is 2.65. The fourth-order valence-electron chi connectivity index (χ4n) is 2.36. The first-order valence-corrected chi connectivity index (χ1v) is 10.8. The molecule has 2 rings (SSSR count). The lowest BCUT2D eigenvalue weighted by molar-refractivity contribution is -0.138. The molecular weight excluding hydrogens is 421 g/mol. The van der Waals surface area contributed by atoms with Crippen LogP contribution in [-0.2, 0) is 19.6 Å².